The SMILES string of the molecule is O=C(CCc1ccc(Cl)cc1Cl)N[C@H]1CCCCC12OCCO2. The number of rotatable bonds is 4. The van der Waals surface area contributed by atoms with Gasteiger partial charge in [0.15, 0.2) is 5.79 Å². The number of hydrogen-bond donors (Lipinski definition) is 1. The van der Waals surface area contributed by atoms with Gasteiger partial charge in [0.2, 0.25) is 5.91 Å². The van der Waals surface area contributed by atoms with E-state index in [0.29, 0.717) is 36.1 Å². The van der Waals surface area contributed by atoms with Gasteiger partial charge in [-0.25, -0.2) is 0 Å². The average Bonchev–Trinajstić information content (AvgIpc) is 2.98. The largest absolute Gasteiger partial charge is 0.348 e. The molecule has 1 aliphatic heterocycles. The highest BCUT2D eigenvalue weighted by molar-refractivity contribution is 6.35. The third-order valence-corrected chi connectivity index (χ3v) is 5.13. The summed E-state index contributed by atoms with van der Waals surface area (Å²) in [5, 5.41) is 4.29. The van der Waals surface area contributed by atoms with Crippen molar-refractivity contribution in [3.05, 3.63) is 33.8 Å². The Kier molecular flexibility index (Phi) is 5.47. The molecule has 1 N–H and O–H groups in total. The van der Waals surface area contributed by atoms with Gasteiger partial charge in [0.05, 0.1) is 19.3 Å². The molecule has 6 heteroatoms. The van der Waals surface area contributed by atoms with Crippen molar-refractivity contribution in [2.45, 2.75) is 50.4 Å². The van der Waals surface area contributed by atoms with Crippen molar-refractivity contribution in [1.82, 2.24) is 5.32 Å². The minimum Gasteiger partial charge on any atom is -0.348 e. The van der Waals surface area contributed by atoms with Gasteiger partial charge >= 0.3 is 0 Å². The number of carbonyl (C=O) groups excluding carboxylic acids is 1. The van der Waals surface area contributed by atoms with E-state index < -0.39 is 5.79 Å². The molecule has 126 valence electrons. The third kappa shape index (κ3) is 4.00. The molecule has 1 spiro atoms. The molecule has 3 rings (SSSR count). The van der Waals surface area contributed by atoms with Gasteiger partial charge in [-0.1, -0.05) is 35.7 Å². The molecular weight excluding hydrogens is 337 g/mol. The summed E-state index contributed by atoms with van der Waals surface area (Å²) in [7, 11) is 0. The summed E-state index contributed by atoms with van der Waals surface area (Å²) in [5.74, 6) is -0.604. The highest BCUT2D eigenvalue weighted by Gasteiger charge is 2.46. The molecule has 1 aromatic carbocycles. The van der Waals surface area contributed by atoms with E-state index in [1.54, 1.807) is 12.1 Å². The Labute approximate surface area is 146 Å². The number of hydrogen-bond acceptors (Lipinski definition) is 3. The van der Waals surface area contributed by atoms with Crippen LogP contribution in [0.25, 0.3) is 0 Å². The van der Waals surface area contributed by atoms with E-state index in [-0.39, 0.29) is 11.9 Å². The van der Waals surface area contributed by atoms with E-state index in [2.05, 4.69) is 5.32 Å². The molecule has 1 saturated carbocycles. The van der Waals surface area contributed by atoms with Crippen molar-refractivity contribution < 1.29 is 14.3 Å². The van der Waals surface area contributed by atoms with Crippen molar-refractivity contribution in [2.75, 3.05) is 13.2 Å². The molecule has 1 aromatic rings. The molecule has 1 amide bonds. The van der Waals surface area contributed by atoms with Crippen LogP contribution < -0.4 is 5.32 Å². The molecule has 2 aliphatic rings. The Bertz CT molecular complexity index is 573. The van der Waals surface area contributed by atoms with Crippen LogP contribution in [0, 0.1) is 0 Å². The summed E-state index contributed by atoms with van der Waals surface area (Å²) in [4.78, 5) is 12.3. The van der Waals surface area contributed by atoms with Crippen LogP contribution in [0.15, 0.2) is 18.2 Å². The van der Waals surface area contributed by atoms with Crippen molar-refractivity contribution >= 4 is 29.1 Å². The van der Waals surface area contributed by atoms with Crippen LogP contribution in [-0.4, -0.2) is 30.9 Å². The molecule has 1 atom stereocenters. The fraction of sp³-hybridized carbons (Fsp3) is 0.588. The summed E-state index contributed by atoms with van der Waals surface area (Å²) in [6, 6.07) is 5.29. The number of benzene rings is 1. The van der Waals surface area contributed by atoms with Crippen molar-refractivity contribution in [3.8, 4) is 0 Å². The van der Waals surface area contributed by atoms with Gasteiger partial charge in [-0.2, -0.15) is 0 Å². The monoisotopic (exact) mass is 357 g/mol. The minimum atomic E-state index is -0.605. The zero-order chi connectivity index (χ0) is 16.3. The van der Waals surface area contributed by atoms with Crippen LogP contribution >= 0.6 is 23.2 Å². The second kappa shape index (κ2) is 7.39. The lowest BCUT2D eigenvalue weighted by atomic mass is 9.88. The Hall–Kier alpha value is -0.810. The molecule has 23 heavy (non-hydrogen) atoms. The molecule has 1 heterocycles. The Morgan fingerprint density at radius 3 is 2.78 bits per heavy atom. The van der Waals surface area contributed by atoms with Gasteiger partial charge < -0.3 is 14.8 Å². The number of halogens is 2. The lowest BCUT2D eigenvalue weighted by Crippen LogP contribution is -2.55. The fourth-order valence-corrected chi connectivity index (χ4v) is 3.85. The first-order chi connectivity index (χ1) is 11.1. The molecule has 4 nitrogen and oxygen atoms in total. The molecular formula is C17H21Cl2NO3. The van der Waals surface area contributed by atoms with E-state index in [4.69, 9.17) is 32.7 Å². The van der Waals surface area contributed by atoms with E-state index in [0.717, 1.165) is 31.2 Å². The summed E-state index contributed by atoms with van der Waals surface area (Å²) in [6.07, 6.45) is 4.88. The number of aryl methyl sites for hydroxylation is 1. The molecule has 2 fully saturated rings. The van der Waals surface area contributed by atoms with Crippen LogP contribution in [0.4, 0.5) is 0 Å². The van der Waals surface area contributed by atoms with Crippen LogP contribution in [-0.2, 0) is 20.7 Å². The molecule has 1 aliphatic carbocycles. The first-order valence-corrected chi connectivity index (χ1v) is 8.86. The maximum Gasteiger partial charge on any atom is 0.220 e. The van der Waals surface area contributed by atoms with Gasteiger partial charge in [-0.15, -0.1) is 0 Å². The number of ether oxygens (including phenoxy) is 2. The van der Waals surface area contributed by atoms with E-state index in [9.17, 15) is 4.79 Å². The van der Waals surface area contributed by atoms with Crippen molar-refractivity contribution in [1.29, 1.82) is 0 Å². The zero-order valence-corrected chi connectivity index (χ0v) is 14.5. The summed E-state index contributed by atoms with van der Waals surface area (Å²) in [5.41, 5.74) is 0.929. The molecule has 0 unspecified atom stereocenters. The average molecular weight is 358 g/mol. The van der Waals surface area contributed by atoms with Crippen molar-refractivity contribution in [2.24, 2.45) is 0 Å². The standard InChI is InChI=1S/C17H21Cl2NO3/c18-13-6-4-12(14(19)11-13)5-7-16(21)20-15-3-1-2-8-17(15)22-9-10-23-17/h4,6,11,15H,1-3,5,7-10H2,(H,20,21)/t15-/m0/s1. The van der Waals surface area contributed by atoms with Gasteiger partial charge in [-0.05, 0) is 37.0 Å². The summed E-state index contributed by atoms with van der Waals surface area (Å²) < 4.78 is 11.6. The molecule has 0 radical (unpaired) electrons. The smallest absolute Gasteiger partial charge is 0.220 e. The van der Waals surface area contributed by atoms with Gasteiger partial charge in [0.25, 0.3) is 0 Å². The normalized spacial score (nSPS) is 23.1. The molecule has 0 bridgehead atoms. The van der Waals surface area contributed by atoms with Gasteiger partial charge in [0.1, 0.15) is 0 Å². The van der Waals surface area contributed by atoms with Crippen molar-refractivity contribution in [3.63, 3.8) is 0 Å². The number of nitrogens with one attached hydrogen (secondary N) is 1. The van der Waals surface area contributed by atoms with Gasteiger partial charge in [-0.3, -0.25) is 4.79 Å². The highest BCUT2D eigenvalue weighted by atomic mass is 35.5. The molecule has 1 saturated heterocycles. The lowest BCUT2D eigenvalue weighted by Gasteiger charge is -2.39. The van der Waals surface area contributed by atoms with Crippen LogP contribution in [0.1, 0.15) is 37.7 Å². The fourth-order valence-electron chi connectivity index (χ4n) is 3.35. The maximum atomic E-state index is 12.3. The summed E-state index contributed by atoms with van der Waals surface area (Å²) in [6.45, 7) is 1.21. The first kappa shape index (κ1) is 17.0. The van der Waals surface area contributed by atoms with Crippen LogP contribution in [0.5, 0.6) is 0 Å². The second-order valence-electron chi connectivity index (χ2n) is 6.11. The third-order valence-electron chi connectivity index (χ3n) is 4.55. The quantitative estimate of drug-likeness (QED) is 0.892. The van der Waals surface area contributed by atoms with Crippen LogP contribution in [0.3, 0.4) is 0 Å². The molecule has 0 aromatic heterocycles. The first-order valence-electron chi connectivity index (χ1n) is 8.10. The Morgan fingerprint density at radius 1 is 1.26 bits per heavy atom. The number of amides is 1. The predicted molar refractivity (Wildman–Crippen MR) is 89.8 cm³/mol. The summed E-state index contributed by atoms with van der Waals surface area (Å²) >= 11 is 12.0. The Balaban J connectivity index is 1.56. The van der Waals surface area contributed by atoms with Crippen LogP contribution in [0.2, 0.25) is 10.0 Å². The minimum absolute atomic E-state index is 0.00129. The lowest BCUT2D eigenvalue weighted by molar-refractivity contribution is -0.196. The highest BCUT2D eigenvalue weighted by Crippen LogP contribution is 2.36. The number of carbonyl (C=O) groups is 1. The topological polar surface area (TPSA) is 47.6 Å². The maximum absolute atomic E-state index is 12.3. The predicted octanol–water partition coefficient (Wildman–Crippen LogP) is 3.73. The van der Waals surface area contributed by atoms with E-state index >= 15 is 0 Å². The van der Waals surface area contributed by atoms with Gasteiger partial charge in [0, 0.05) is 22.9 Å². The zero-order valence-electron chi connectivity index (χ0n) is 12.9. The Morgan fingerprint density at radius 2 is 2.04 bits per heavy atom. The van der Waals surface area contributed by atoms with E-state index in [1.807, 2.05) is 6.07 Å². The second-order valence-corrected chi connectivity index (χ2v) is 6.95. The van der Waals surface area contributed by atoms with E-state index in [1.165, 1.54) is 0 Å².